The van der Waals surface area contributed by atoms with E-state index in [1.54, 1.807) is 7.11 Å². The fourth-order valence-corrected chi connectivity index (χ4v) is 2.01. The van der Waals surface area contributed by atoms with Gasteiger partial charge in [0.25, 0.3) is 0 Å². The molecule has 0 amide bonds. The minimum Gasteiger partial charge on any atom is -0.497 e. The summed E-state index contributed by atoms with van der Waals surface area (Å²) in [4.78, 5) is 0. The second-order valence-corrected chi connectivity index (χ2v) is 5.30. The molecule has 0 aliphatic carbocycles. The highest BCUT2D eigenvalue weighted by Gasteiger charge is 2.09. The van der Waals surface area contributed by atoms with Crippen molar-refractivity contribution in [3.05, 3.63) is 57.7 Å². The number of hydrogen-bond donors (Lipinski definition) is 1. The van der Waals surface area contributed by atoms with E-state index in [2.05, 4.69) is 22.6 Å². The van der Waals surface area contributed by atoms with Gasteiger partial charge in [-0.05, 0) is 64.6 Å². The van der Waals surface area contributed by atoms with Gasteiger partial charge in [0.15, 0.2) is 0 Å². The van der Waals surface area contributed by atoms with Crippen LogP contribution in [0.25, 0.3) is 0 Å². The Kier molecular flexibility index (Phi) is 5.04. The molecule has 2 rings (SSSR count). The Morgan fingerprint density at radius 2 is 1.84 bits per heavy atom. The molecule has 3 nitrogen and oxygen atoms in total. The van der Waals surface area contributed by atoms with Gasteiger partial charge in [-0.3, -0.25) is 0 Å². The van der Waals surface area contributed by atoms with Gasteiger partial charge in [-0.1, -0.05) is 12.1 Å². The Bertz CT molecular complexity index is 525. The van der Waals surface area contributed by atoms with Crippen LogP contribution in [0.2, 0.25) is 0 Å². The highest BCUT2D eigenvalue weighted by molar-refractivity contribution is 14.1. The Morgan fingerprint density at radius 1 is 1.11 bits per heavy atom. The van der Waals surface area contributed by atoms with Crippen LogP contribution < -0.4 is 9.47 Å². The number of halogens is 1. The van der Waals surface area contributed by atoms with Crippen molar-refractivity contribution in [2.45, 2.75) is 6.10 Å². The van der Waals surface area contributed by atoms with Crippen molar-refractivity contribution in [3.8, 4) is 11.5 Å². The quantitative estimate of drug-likeness (QED) is 0.820. The Morgan fingerprint density at radius 3 is 2.53 bits per heavy atom. The van der Waals surface area contributed by atoms with Crippen molar-refractivity contribution in [1.82, 2.24) is 0 Å². The van der Waals surface area contributed by atoms with Crippen molar-refractivity contribution in [2.24, 2.45) is 0 Å². The first kappa shape index (κ1) is 14.1. The number of aliphatic hydroxyl groups excluding tert-OH is 1. The van der Waals surface area contributed by atoms with Gasteiger partial charge >= 0.3 is 0 Å². The average Bonchev–Trinajstić information content (AvgIpc) is 2.46. The van der Waals surface area contributed by atoms with Crippen LogP contribution in [0, 0.1) is 3.57 Å². The number of methoxy groups -OCH3 is 1. The molecule has 0 aliphatic rings. The van der Waals surface area contributed by atoms with Crippen molar-refractivity contribution in [2.75, 3.05) is 13.7 Å². The van der Waals surface area contributed by atoms with Crippen LogP contribution in [0.4, 0.5) is 0 Å². The predicted octanol–water partition coefficient (Wildman–Crippen LogP) is 3.41. The molecule has 0 heterocycles. The molecule has 1 unspecified atom stereocenters. The normalized spacial score (nSPS) is 11.9. The molecule has 100 valence electrons. The first-order chi connectivity index (χ1) is 9.19. The second-order valence-electron chi connectivity index (χ2n) is 4.06. The van der Waals surface area contributed by atoms with E-state index in [1.807, 2.05) is 48.5 Å². The summed E-state index contributed by atoms with van der Waals surface area (Å²) in [6.45, 7) is 0.216. The molecule has 2 aromatic rings. The minimum absolute atomic E-state index is 0.216. The summed E-state index contributed by atoms with van der Waals surface area (Å²) in [5, 5.41) is 10.1. The van der Waals surface area contributed by atoms with Crippen LogP contribution in [0.3, 0.4) is 0 Å². The molecule has 0 fully saturated rings. The summed E-state index contributed by atoms with van der Waals surface area (Å²) in [5.74, 6) is 1.48. The molecule has 0 radical (unpaired) electrons. The number of hydrogen-bond acceptors (Lipinski definition) is 3. The van der Waals surface area contributed by atoms with Gasteiger partial charge in [0, 0.05) is 3.57 Å². The number of ether oxygens (including phenoxy) is 2. The lowest BCUT2D eigenvalue weighted by molar-refractivity contribution is 0.108. The van der Waals surface area contributed by atoms with Gasteiger partial charge in [0.05, 0.1) is 7.11 Å². The third-order valence-corrected chi connectivity index (χ3v) is 3.42. The van der Waals surface area contributed by atoms with E-state index in [9.17, 15) is 5.11 Å². The molecule has 0 bridgehead atoms. The Labute approximate surface area is 126 Å². The number of benzene rings is 2. The first-order valence-electron chi connectivity index (χ1n) is 5.89. The van der Waals surface area contributed by atoms with Crippen LogP contribution in [-0.2, 0) is 0 Å². The summed E-state index contributed by atoms with van der Waals surface area (Å²) >= 11 is 2.24. The maximum atomic E-state index is 10.1. The van der Waals surface area contributed by atoms with Gasteiger partial charge in [-0.2, -0.15) is 0 Å². The number of rotatable bonds is 5. The topological polar surface area (TPSA) is 38.7 Å². The maximum absolute atomic E-state index is 10.1. The molecular weight excluding hydrogens is 355 g/mol. The molecule has 0 aromatic heterocycles. The largest absolute Gasteiger partial charge is 0.497 e. The lowest BCUT2D eigenvalue weighted by Crippen LogP contribution is -2.09. The minimum atomic E-state index is -0.672. The van der Waals surface area contributed by atoms with Gasteiger partial charge in [-0.15, -0.1) is 0 Å². The smallest absolute Gasteiger partial charge is 0.119 e. The highest BCUT2D eigenvalue weighted by atomic mass is 127. The van der Waals surface area contributed by atoms with E-state index >= 15 is 0 Å². The van der Waals surface area contributed by atoms with E-state index in [0.29, 0.717) is 0 Å². The zero-order chi connectivity index (χ0) is 13.7. The van der Waals surface area contributed by atoms with Crippen LogP contribution in [0.5, 0.6) is 11.5 Å². The van der Waals surface area contributed by atoms with Crippen LogP contribution in [0.15, 0.2) is 48.5 Å². The zero-order valence-corrected chi connectivity index (χ0v) is 12.7. The predicted molar refractivity (Wildman–Crippen MR) is 82.6 cm³/mol. The van der Waals surface area contributed by atoms with Crippen molar-refractivity contribution in [3.63, 3.8) is 0 Å². The van der Waals surface area contributed by atoms with E-state index in [1.165, 1.54) is 0 Å². The monoisotopic (exact) mass is 370 g/mol. The van der Waals surface area contributed by atoms with Gasteiger partial charge in [0.1, 0.15) is 24.2 Å². The summed E-state index contributed by atoms with van der Waals surface area (Å²) in [6.07, 6.45) is -0.672. The molecule has 1 N–H and O–H groups in total. The SMILES string of the molecule is COc1cccc(C(O)COc2ccc(I)cc2)c1. The average molecular weight is 370 g/mol. The van der Waals surface area contributed by atoms with Crippen LogP contribution in [-0.4, -0.2) is 18.8 Å². The van der Waals surface area contributed by atoms with E-state index in [-0.39, 0.29) is 6.61 Å². The fraction of sp³-hybridized carbons (Fsp3) is 0.200. The van der Waals surface area contributed by atoms with Crippen LogP contribution >= 0.6 is 22.6 Å². The number of aliphatic hydroxyl groups is 1. The molecule has 1 atom stereocenters. The van der Waals surface area contributed by atoms with Gasteiger partial charge in [-0.25, -0.2) is 0 Å². The molecule has 2 aromatic carbocycles. The maximum Gasteiger partial charge on any atom is 0.119 e. The molecular formula is C15H15IO3. The summed E-state index contributed by atoms with van der Waals surface area (Å²) in [6, 6.07) is 15.1. The van der Waals surface area contributed by atoms with E-state index in [0.717, 1.165) is 20.6 Å². The third-order valence-electron chi connectivity index (χ3n) is 2.70. The Balaban J connectivity index is 1.96. The molecule has 0 spiro atoms. The molecule has 0 aliphatic heterocycles. The highest BCUT2D eigenvalue weighted by Crippen LogP contribution is 2.21. The lowest BCUT2D eigenvalue weighted by Gasteiger charge is -2.13. The van der Waals surface area contributed by atoms with Crippen molar-refractivity contribution < 1.29 is 14.6 Å². The van der Waals surface area contributed by atoms with E-state index < -0.39 is 6.10 Å². The fourth-order valence-electron chi connectivity index (χ4n) is 1.65. The van der Waals surface area contributed by atoms with E-state index in [4.69, 9.17) is 9.47 Å². The zero-order valence-electron chi connectivity index (χ0n) is 10.5. The Hall–Kier alpha value is -1.27. The summed E-state index contributed by atoms with van der Waals surface area (Å²) < 4.78 is 11.8. The van der Waals surface area contributed by atoms with Gasteiger partial charge in [0.2, 0.25) is 0 Å². The van der Waals surface area contributed by atoms with Crippen molar-refractivity contribution >= 4 is 22.6 Å². The molecule has 0 saturated heterocycles. The molecule has 4 heteroatoms. The van der Waals surface area contributed by atoms with Gasteiger partial charge < -0.3 is 14.6 Å². The standard InChI is InChI=1S/C15H15IO3/c1-18-14-4-2-3-11(9-14)15(17)10-19-13-7-5-12(16)6-8-13/h2-9,15,17H,10H2,1H3. The third kappa shape index (κ3) is 4.11. The van der Waals surface area contributed by atoms with Crippen LogP contribution in [0.1, 0.15) is 11.7 Å². The lowest BCUT2D eigenvalue weighted by atomic mass is 10.1. The second kappa shape index (κ2) is 6.77. The first-order valence-corrected chi connectivity index (χ1v) is 6.97. The molecule has 19 heavy (non-hydrogen) atoms. The summed E-state index contributed by atoms with van der Waals surface area (Å²) in [5.41, 5.74) is 0.782. The molecule has 0 saturated carbocycles. The van der Waals surface area contributed by atoms with Crippen molar-refractivity contribution in [1.29, 1.82) is 0 Å². The summed E-state index contributed by atoms with van der Waals surface area (Å²) in [7, 11) is 1.60.